The molecule has 0 aromatic carbocycles. The molecule has 1 saturated carbocycles. The predicted octanol–water partition coefficient (Wildman–Crippen LogP) is 0.405. The highest BCUT2D eigenvalue weighted by molar-refractivity contribution is 6.08. The van der Waals surface area contributed by atoms with Crippen molar-refractivity contribution in [3.8, 4) is 0 Å². The van der Waals surface area contributed by atoms with E-state index >= 15 is 0 Å². The molecule has 3 heterocycles. The van der Waals surface area contributed by atoms with E-state index in [0.717, 1.165) is 19.3 Å². The number of allylic oxidation sites excluding steroid dienone is 2. The number of rotatable bonds is 3. The van der Waals surface area contributed by atoms with Gasteiger partial charge in [-0.3, -0.25) is 19.3 Å². The minimum atomic E-state index is -0.229. The molecule has 4 atom stereocenters. The number of hydrogen-bond donors (Lipinski definition) is 0. The van der Waals surface area contributed by atoms with Gasteiger partial charge < -0.3 is 14.4 Å². The molecule has 5 aliphatic rings. The molecule has 7 heteroatoms. The molecule has 3 amide bonds. The summed E-state index contributed by atoms with van der Waals surface area (Å²) in [6.45, 7) is 2.43. The van der Waals surface area contributed by atoms with Crippen LogP contribution < -0.4 is 0 Å². The number of carbonyl (C=O) groups excluding carboxylic acids is 3. The molecule has 0 N–H and O–H groups in total. The summed E-state index contributed by atoms with van der Waals surface area (Å²) in [6.07, 6.45) is 6.57. The Labute approximate surface area is 152 Å². The Morgan fingerprint density at radius 3 is 2.15 bits per heavy atom. The molecule has 7 nitrogen and oxygen atoms in total. The number of likely N-dealkylation sites (tertiary alicyclic amines) is 2. The topological polar surface area (TPSA) is 76.2 Å². The Balaban J connectivity index is 1.19. The Hall–Kier alpha value is -1.73. The van der Waals surface area contributed by atoms with Crippen LogP contribution in [0.4, 0.5) is 0 Å². The van der Waals surface area contributed by atoms with Gasteiger partial charge >= 0.3 is 0 Å². The van der Waals surface area contributed by atoms with Gasteiger partial charge in [-0.15, -0.1) is 0 Å². The van der Waals surface area contributed by atoms with Gasteiger partial charge in [-0.2, -0.15) is 0 Å². The smallest absolute Gasteiger partial charge is 0.242 e. The summed E-state index contributed by atoms with van der Waals surface area (Å²) in [5.41, 5.74) is 0. The van der Waals surface area contributed by atoms with Gasteiger partial charge in [0.1, 0.15) is 6.54 Å². The molecule has 2 aliphatic carbocycles. The second kappa shape index (κ2) is 6.16. The summed E-state index contributed by atoms with van der Waals surface area (Å²) in [6, 6.07) is 0. The van der Waals surface area contributed by atoms with E-state index in [9.17, 15) is 14.4 Å². The first-order valence-electron chi connectivity index (χ1n) is 9.68. The van der Waals surface area contributed by atoms with Gasteiger partial charge in [0.15, 0.2) is 6.29 Å². The standard InChI is InChI=1S/C19H24N2O5/c22-14(20-5-3-11(4-6-20)19-25-7-8-26-19)10-21-17(23)15-12-1-2-13(9-12)16(15)18(21)24/h1-2,11-13,15-16,19H,3-10H2. The summed E-state index contributed by atoms with van der Waals surface area (Å²) in [4.78, 5) is 41.1. The summed E-state index contributed by atoms with van der Waals surface area (Å²) in [5, 5.41) is 0. The van der Waals surface area contributed by atoms with Crippen molar-refractivity contribution >= 4 is 17.7 Å². The number of piperidine rings is 1. The zero-order valence-corrected chi connectivity index (χ0v) is 14.7. The van der Waals surface area contributed by atoms with E-state index in [1.54, 1.807) is 4.90 Å². The van der Waals surface area contributed by atoms with Crippen molar-refractivity contribution in [3.05, 3.63) is 12.2 Å². The van der Waals surface area contributed by atoms with Gasteiger partial charge in [0, 0.05) is 19.0 Å². The van der Waals surface area contributed by atoms with Crippen LogP contribution >= 0.6 is 0 Å². The molecular formula is C19H24N2O5. The quantitative estimate of drug-likeness (QED) is 0.538. The highest BCUT2D eigenvalue weighted by Gasteiger charge is 2.59. The normalized spacial score (nSPS) is 37.2. The number of fused-ring (bicyclic) bond motifs is 5. The van der Waals surface area contributed by atoms with E-state index in [1.807, 2.05) is 0 Å². The molecule has 2 bridgehead atoms. The number of hydrogen-bond acceptors (Lipinski definition) is 5. The summed E-state index contributed by atoms with van der Waals surface area (Å²) in [7, 11) is 0. The second-order valence-electron chi connectivity index (χ2n) is 8.09. The highest BCUT2D eigenvalue weighted by Crippen LogP contribution is 2.52. The number of nitrogens with zero attached hydrogens (tertiary/aromatic N) is 2. The maximum atomic E-state index is 12.7. The fourth-order valence-electron chi connectivity index (χ4n) is 5.43. The Morgan fingerprint density at radius 1 is 1.00 bits per heavy atom. The third kappa shape index (κ3) is 2.44. The zero-order valence-electron chi connectivity index (χ0n) is 14.7. The van der Waals surface area contributed by atoms with Crippen LogP contribution in [-0.2, 0) is 23.9 Å². The fourth-order valence-corrected chi connectivity index (χ4v) is 5.43. The van der Waals surface area contributed by atoms with Gasteiger partial charge in [0.2, 0.25) is 17.7 Å². The number of amides is 3. The van der Waals surface area contributed by atoms with E-state index in [1.165, 1.54) is 4.90 Å². The SMILES string of the molecule is O=C(CN1C(=O)C2C3C=CC(C3)C2C1=O)N1CCC(C2OCCO2)CC1. The number of carbonyl (C=O) groups is 3. The molecule has 0 aromatic heterocycles. The lowest BCUT2D eigenvalue weighted by Crippen LogP contribution is -2.47. The minimum Gasteiger partial charge on any atom is -0.350 e. The van der Waals surface area contributed by atoms with Gasteiger partial charge in [-0.05, 0) is 31.1 Å². The fraction of sp³-hybridized carbons (Fsp3) is 0.737. The first-order chi connectivity index (χ1) is 12.6. The van der Waals surface area contributed by atoms with Crippen LogP contribution in [0.15, 0.2) is 12.2 Å². The monoisotopic (exact) mass is 360 g/mol. The van der Waals surface area contributed by atoms with Gasteiger partial charge in [0.05, 0.1) is 25.0 Å². The average Bonchev–Trinajstić information content (AvgIpc) is 3.43. The summed E-state index contributed by atoms with van der Waals surface area (Å²) in [5.74, 6) is -0.190. The molecule has 26 heavy (non-hydrogen) atoms. The zero-order chi connectivity index (χ0) is 17.8. The average molecular weight is 360 g/mol. The largest absolute Gasteiger partial charge is 0.350 e. The molecule has 0 spiro atoms. The van der Waals surface area contributed by atoms with Crippen LogP contribution in [0, 0.1) is 29.6 Å². The maximum Gasteiger partial charge on any atom is 0.242 e. The van der Waals surface area contributed by atoms with Gasteiger partial charge in [0.25, 0.3) is 0 Å². The number of ether oxygens (including phenoxy) is 2. The molecule has 4 unspecified atom stereocenters. The molecule has 4 fully saturated rings. The van der Waals surface area contributed by atoms with Crippen molar-refractivity contribution in [1.82, 2.24) is 9.80 Å². The molecule has 5 rings (SSSR count). The lowest BCUT2D eigenvalue weighted by molar-refractivity contribution is -0.148. The van der Waals surface area contributed by atoms with Gasteiger partial charge in [-0.1, -0.05) is 12.2 Å². The number of imide groups is 1. The highest BCUT2D eigenvalue weighted by atomic mass is 16.7. The Morgan fingerprint density at radius 2 is 1.58 bits per heavy atom. The van der Waals surface area contributed by atoms with Crippen molar-refractivity contribution in [2.45, 2.75) is 25.6 Å². The van der Waals surface area contributed by atoms with Crippen molar-refractivity contribution in [3.63, 3.8) is 0 Å². The molecule has 0 radical (unpaired) electrons. The first kappa shape index (κ1) is 16.4. The van der Waals surface area contributed by atoms with E-state index in [4.69, 9.17) is 9.47 Å². The molecule has 3 aliphatic heterocycles. The third-order valence-electron chi connectivity index (χ3n) is 6.78. The van der Waals surface area contributed by atoms with Crippen LogP contribution in [0.2, 0.25) is 0 Å². The second-order valence-corrected chi connectivity index (χ2v) is 8.09. The lowest BCUT2D eigenvalue weighted by Gasteiger charge is -2.34. The molecule has 140 valence electrons. The van der Waals surface area contributed by atoms with Crippen molar-refractivity contribution in [2.24, 2.45) is 29.6 Å². The molecule has 3 saturated heterocycles. The third-order valence-corrected chi connectivity index (χ3v) is 6.78. The predicted molar refractivity (Wildman–Crippen MR) is 89.4 cm³/mol. The van der Waals surface area contributed by atoms with Crippen LogP contribution in [0.1, 0.15) is 19.3 Å². The van der Waals surface area contributed by atoms with E-state index in [-0.39, 0.29) is 54.2 Å². The Kier molecular flexibility index (Phi) is 3.90. The van der Waals surface area contributed by atoms with Crippen molar-refractivity contribution in [1.29, 1.82) is 0 Å². The van der Waals surface area contributed by atoms with Crippen LogP contribution in [-0.4, -0.2) is 66.7 Å². The van der Waals surface area contributed by atoms with Crippen molar-refractivity contribution < 1.29 is 23.9 Å². The van der Waals surface area contributed by atoms with E-state index < -0.39 is 0 Å². The van der Waals surface area contributed by atoms with E-state index in [0.29, 0.717) is 32.2 Å². The van der Waals surface area contributed by atoms with Gasteiger partial charge in [-0.25, -0.2) is 0 Å². The molecule has 0 aromatic rings. The van der Waals surface area contributed by atoms with Crippen molar-refractivity contribution in [2.75, 3.05) is 32.8 Å². The lowest BCUT2D eigenvalue weighted by atomic mass is 9.85. The summed E-state index contributed by atoms with van der Waals surface area (Å²) >= 11 is 0. The molecular weight excluding hydrogens is 336 g/mol. The first-order valence-corrected chi connectivity index (χ1v) is 9.68. The van der Waals surface area contributed by atoms with Crippen LogP contribution in [0.3, 0.4) is 0 Å². The Bertz CT molecular complexity index is 633. The maximum absolute atomic E-state index is 12.7. The van der Waals surface area contributed by atoms with Crippen LogP contribution in [0.5, 0.6) is 0 Å². The van der Waals surface area contributed by atoms with Crippen LogP contribution in [0.25, 0.3) is 0 Å². The van der Waals surface area contributed by atoms with E-state index in [2.05, 4.69) is 12.2 Å². The minimum absolute atomic E-state index is 0.106. The summed E-state index contributed by atoms with van der Waals surface area (Å²) < 4.78 is 11.1.